The molecular formula is C39H39Cl2F3N4O2. The van der Waals surface area contributed by atoms with E-state index in [-0.39, 0.29) is 27.6 Å². The summed E-state index contributed by atoms with van der Waals surface area (Å²) in [4.78, 5) is 21.6. The topological polar surface area (TPSA) is 61.9 Å². The van der Waals surface area contributed by atoms with Gasteiger partial charge in [-0.05, 0) is 115 Å². The second kappa shape index (κ2) is 13.8. The van der Waals surface area contributed by atoms with E-state index in [9.17, 15) is 18.0 Å². The molecule has 0 unspecified atom stereocenters. The number of benzene rings is 2. The summed E-state index contributed by atoms with van der Waals surface area (Å²) in [7, 11) is 0. The predicted octanol–water partition coefficient (Wildman–Crippen LogP) is 12.1. The van der Waals surface area contributed by atoms with E-state index in [0.717, 1.165) is 21.7 Å². The van der Waals surface area contributed by atoms with Gasteiger partial charge in [0.25, 0.3) is 0 Å². The Hall–Kier alpha value is -4.34. The van der Waals surface area contributed by atoms with Gasteiger partial charge < -0.3 is 9.30 Å². The van der Waals surface area contributed by atoms with E-state index in [4.69, 9.17) is 27.9 Å². The van der Waals surface area contributed by atoms with Crippen molar-refractivity contribution in [2.24, 2.45) is 0 Å². The molecule has 0 aliphatic rings. The van der Waals surface area contributed by atoms with Gasteiger partial charge in [-0.25, -0.2) is 19.3 Å². The molecule has 0 bridgehead atoms. The maximum atomic E-state index is 13.7. The molecule has 0 saturated carbocycles. The fourth-order valence-corrected chi connectivity index (χ4v) is 6.09. The van der Waals surface area contributed by atoms with Crippen LogP contribution in [0.25, 0.3) is 44.6 Å². The zero-order valence-corrected chi connectivity index (χ0v) is 30.7. The molecule has 0 radical (unpaired) electrons. The molecule has 0 amide bonds. The highest BCUT2D eigenvalue weighted by atomic mass is 35.5. The van der Waals surface area contributed by atoms with E-state index < -0.39 is 23.4 Å². The largest absolute Gasteiger partial charge is 0.443 e. The summed E-state index contributed by atoms with van der Waals surface area (Å²) < 4.78 is 50.0. The van der Waals surface area contributed by atoms with Gasteiger partial charge in [-0.2, -0.15) is 13.2 Å². The molecule has 0 fully saturated rings. The van der Waals surface area contributed by atoms with Gasteiger partial charge in [0.1, 0.15) is 21.6 Å². The number of alkyl halides is 3. The van der Waals surface area contributed by atoms with Gasteiger partial charge in [-0.15, -0.1) is 0 Å². The van der Waals surface area contributed by atoms with Crippen LogP contribution in [0.15, 0.2) is 78.9 Å². The van der Waals surface area contributed by atoms with Crippen molar-refractivity contribution in [1.29, 1.82) is 0 Å². The molecule has 0 saturated heterocycles. The average Bonchev–Trinajstić information content (AvgIpc) is 3.58. The molecule has 0 aliphatic carbocycles. The Kier molecular flexibility index (Phi) is 10.2. The zero-order chi connectivity index (χ0) is 36.8. The second-order valence-corrected chi connectivity index (χ2v) is 14.8. The van der Waals surface area contributed by atoms with Crippen LogP contribution in [0, 0.1) is 6.92 Å². The van der Waals surface area contributed by atoms with Gasteiger partial charge in [0.2, 0.25) is 0 Å². The van der Waals surface area contributed by atoms with Gasteiger partial charge in [0, 0.05) is 27.4 Å². The second-order valence-electron chi connectivity index (χ2n) is 14.0. The van der Waals surface area contributed by atoms with Crippen molar-refractivity contribution in [3.05, 3.63) is 106 Å². The molecule has 11 heteroatoms. The minimum absolute atomic E-state index is 0.0478. The lowest BCUT2D eigenvalue weighted by Gasteiger charge is -2.26. The number of halogens is 5. The Balaban J connectivity index is 0.000000204. The third kappa shape index (κ3) is 7.84. The number of carbonyl (C=O) groups is 1. The van der Waals surface area contributed by atoms with Crippen molar-refractivity contribution in [2.45, 2.75) is 79.1 Å². The standard InChI is InChI=1S/C21H20ClF3N2O2.C18H19ClN2/c1-5-12-6-8-15(21(23,24)25)14(10-12)16-11-13-7-9-17(22)26-18(13)27(16)19(28)29-20(2,3)4;1-12-7-5-6-8-14(12)15-11-13-9-10-16(19)20-17(13)21(15)18(2,3)4/h6-11H,5H2,1-4H3;5-11H,1-4H3. The summed E-state index contributed by atoms with van der Waals surface area (Å²) in [5, 5.41) is 2.24. The Morgan fingerprint density at radius 2 is 1.34 bits per heavy atom. The molecule has 4 heterocycles. The van der Waals surface area contributed by atoms with Gasteiger partial charge in [-0.1, -0.05) is 60.5 Å². The molecule has 6 rings (SSSR count). The lowest BCUT2D eigenvalue weighted by atomic mass is 9.99. The quantitative estimate of drug-likeness (QED) is 0.171. The van der Waals surface area contributed by atoms with Gasteiger partial charge in [0.15, 0.2) is 5.65 Å². The number of carbonyl (C=O) groups excluding carboxylic acids is 1. The van der Waals surface area contributed by atoms with E-state index in [1.165, 1.54) is 41.1 Å². The fraction of sp³-hybridized carbons (Fsp3) is 0.308. The zero-order valence-electron chi connectivity index (χ0n) is 29.2. The number of hydrogen-bond acceptors (Lipinski definition) is 4. The van der Waals surface area contributed by atoms with Crippen molar-refractivity contribution in [1.82, 2.24) is 19.1 Å². The van der Waals surface area contributed by atoms with Crippen LogP contribution in [-0.2, 0) is 22.9 Å². The first-order valence-corrected chi connectivity index (χ1v) is 16.9. The van der Waals surface area contributed by atoms with Crippen LogP contribution < -0.4 is 0 Å². The van der Waals surface area contributed by atoms with Crippen LogP contribution in [-0.4, -0.2) is 30.8 Å². The first-order chi connectivity index (χ1) is 23.3. The van der Waals surface area contributed by atoms with Gasteiger partial charge in [-0.3, -0.25) is 0 Å². The minimum atomic E-state index is -4.60. The summed E-state index contributed by atoms with van der Waals surface area (Å²) >= 11 is 12.1. The third-order valence-corrected chi connectivity index (χ3v) is 8.40. The summed E-state index contributed by atoms with van der Waals surface area (Å²) in [6.45, 7) is 15.6. The molecule has 2 aromatic carbocycles. The smallest absolute Gasteiger partial charge is 0.420 e. The first-order valence-electron chi connectivity index (χ1n) is 16.1. The number of nitrogens with zero attached hydrogens (tertiary/aromatic N) is 4. The van der Waals surface area contributed by atoms with Crippen molar-refractivity contribution in [3.8, 4) is 22.5 Å². The molecular weight excluding hydrogens is 684 g/mol. The average molecular weight is 724 g/mol. The Labute approximate surface area is 299 Å². The normalized spacial score (nSPS) is 12.3. The molecule has 262 valence electrons. The highest BCUT2D eigenvalue weighted by Crippen LogP contribution is 2.40. The number of aromatic nitrogens is 4. The Bertz CT molecular complexity index is 2210. The number of aryl methyl sites for hydroxylation is 2. The molecule has 0 N–H and O–H groups in total. The van der Waals surface area contributed by atoms with E-state index in [1.54, 1.807) is 26.8 Å². The Morgan fingerprint density at radius 3 is 1.90 bits per heavy atom. The third-order valence-electron chi connectivity index (χ3n) is 7.97. The first kappa shape index (κ1) is 36.9. The van der Waals surface area contributed by atoms with Crippen LogP contribution in [0.4, 0.5) is 18.0 Å². The minimum Gasteiger partial charge on any atom is -0.443 e. The van der Waals surface area contributed by atoms with E-state index >= 15 is 0 Å². The number of rotatable bonds is 3. The van der Waals surface area contributed by atoms with Crippen molar-refractivity contribution < 1.29 is 22.7 Å². The number of pyridine rings is 2. The van der Waals surface area contributed by atoms with Crippen molar-refractivity contribution in [2.75, 3.05) is 0 Å². The van der Waals surface area contributed by atoms with Gasteiger partial charge in [0.05, 0.1) is 17.0 Å². The number of hydrogen-bond donors (Lipinski definition) is 0. The van der Waals surface area contributed by atoms with Gasteiger partial charge >= 0.3 is 12.3 Å². The summed E-state index contributed by atoms with van der Waals surface area (Å²) in [5.41, 5.74) is 3.64. The van der Waals surface area contributed by atoms with Crippen LogP contribution in [0.3, 0.4) is 0 Å². The van der Waals surface area contributed by atoms with Crippen molar-refractivity contribution >= 4 is 51.4 Å². The van der Waals surface area contributed by atoms with Crippen molar-refractivity contribution in [3.63, 3.8) is 0 Å². The van der Waals surface area contributed by atoms with Crippen LogP contribution in [0.5, 0.6) is 0 Å². The Morgan fingerprint density at radius 1 is 0.760 bits per heavy atom. The molecule has 6 nitrogen and oxygen atoms in total. The lowest BCUT2D eigenvalue weighted by molar-refractivity contribution is -0.137. The van der Waals surface area contributed by atoms with Crippen LogP contribution >= 0.6 is 23.2 Å². The summed E-state index contributed by atoms with van der Waals surface area (Å²) in [5.74, 6) is 0. The number of ether oxygens (including phenoxy) is 1. The monoisotopic (exact) mass is 722 g/mol. The summed E-state index contributed by atoms with van der Waals surface area (Å²) in [6, 6.07) is 23.0. The molecule has 0 aliphatic heterocycles. The molecule has 4 aromatic heterocycles. The maximum absolute atomic E-state index is 13.7. The van der Waals surface area contributed by atoms with E-state index in [2.05, 4.69) is 72.6 Å². The predicted molar refractivity (Wildman–Crippen MR) is 196 cm³/mol. The summed E-state index contributed by atoms with van der Waals surface area (Å²) in [6.07, 6.45) is -4.88. The fourth-order valence-electron chi connectivity index (χ4n) is 5.81. The highest BCUT2D eigenvalue weighted by Gasteiger charge is 2.36. The maximum Gasteiger partial charge on any atom is 0.420 e. The van der Waals surface area contributed by atoms with E-state index in [0.29, 0.717) is 22.5 Å². The number of fused-ring (bicyclic) bond motifs is 2. The lowest BCUT2D eigenvalue weighted by Crippen LogP contribution is -2.27. The molecule has 50 heavy (non-hydrogen) atoms. The van der Waals surface area contributed by atoms with Crippen LogP contribution in [0.1, 0.15) is 65.2 Å². The van der Waals surface area contributed by atoms with E-state index in [1.807, 2.05) is 19.1 Å². The van der Waals surface area contributed by atoms with Crippen LogP contribution in [0.2, 0.25) is 10.3 Å². The highest BCUT2D eigenvalue weighted by molar-refractivity contribution is 6.30. The molecule has 0 spiro atoms. The molecule has 0 atom stereocenters. The SMILES string of the molecule is CCc1ccc(C(F)(F)F)c(-c2cc3ccc(Cl)nc3n2C(=O)OC(C)(C)C)c1.Cc1ccccc1-c1cc2ccc(Cl)nc2n1C(C)(C)C. The molecule has 6 aromatic rings.